The van der Waals surface area contributed by atoms with Crippen molar-refractivity contribution in [3.63, 3.8) is 0 Å². The van der Waals surface area contributed by atoms with Crippen LogP contribution in [-0.2, 0) is 0 Å². The molecule has 4 nitrogen and oxygen atoms in total. The van der Waals surface area contributed by atoms with Crippen LogP contribution in [0.25, 0.3) is 0 Å². The summed E-state index contributed by atoms with van der Waals surface area (Å²) in [5.41, 5.74) is 0. The number of halogens is 1. The molecule has 0 bridgehead atoms. The number of carbonyl (C=O) groups excluding carboxylic acids is 1. The minimum Gasteiger partial charge on any atom is -0.440 e. The number of amides is 1. The van der Waals surface area contributed by atoms with Gasteiger partial charge in [0, 0.05) is 13.1 Å². The summed E-state index contributed by atoms with van der Waals surface area (Å²) in [5, 5.41) is 3.61. The molecule has 0 aromatic carbocycles. The molecule has 2 rings (SSSR count). The Hall–Kier alpha value is -1.00. The third kappa shape index (κ3) is 3.98. The predicted molar refractivity (Wildman–Crippen MR) is 75.5 cm³/mol. The maximum absolute atomic E-state index is 12.4. The van der Waals surface area contributed by atoms with Crippen LogP contribution in [0.1, 0.15) is 36.7 Å². The summed E-state index contributed by atoms with van der Waals surface area (Å²) in [6.07, 6.45) is 3.21. The van der Waals surface area contributed by atoms with Crippen molar-refractivity contribution >= 4 is 17.5 Å². The molecule has 1 amide bonds. The van der Waals surface area contributed by atoms with E-state index in [1.165, 1.54) is 0 Å². The van der Waals surface area contributed by atoms with Gasteiger partial charge in [0.15, 0.2) is 11.0 Å². The molecule has 0 unspecified atom stereocenters. The van der Waals surface area contributed by atoms with Crippen LogP contribution in [0.4, 0.5) is 0 Å². The third-order valence-electron chi connectivity index (χ3n) is 3.50. The van der Waals surface area contributed by atoms with Crippen molar-refractivity contribution in [2.45, 2.75) is 26.2 Å². The van der Waals surface area contributed by atoms with Crippen molar-refractivity contribution in [3.05, 3.63) is 23.1 Å². The summed E-state index contributed by atoms with van der Waals surface area (Å²) in [5.74, 6) is 0.877. The monoisotopic (exact) mass is 284 g/mol. The Morgan fingerprint density at radius 3 is 2.79 bits per heavy atom. The molecule has 0 spiro atoms. The topological polar surface area (TPSA) is 45.5 Å². The molecule has 0 aliphatic carbocycles. The zero-order chi connectivity index (χ0) is 13.7. The average Bonchev–Trinajstić information content (AvgIpc) is 2.85. The van der Waals surface area contributed by atoms with Crippen molar-refractivity contribution in [1.29, 1.82) is 0 Å². The lowest BCUT2D eigenvalue weighted by molar-refractivity contribution is 0.0684. The van der Waals surface area contributed by atoms with Gasteiger partial charge < -0.3 is 14.6 Å². The lowest BCUT2D eigenvalue weighted by atomic mass is 9.97. The summed E-state index contributed by atoms with van der Waals surface area (Å²) >= 11 is 5.73. The number of hydrogen-bond acceptors (Lipinski definition) is 3. The zero-order valence-electron chi connectivity index (χ0n) is 11.3. The minimum atomic E-state index is -0.0488. The molecule has 19 heavy (non-hydrogen) atoms. The molecule has 0 atom stereocenters. The Labute approximate surface area is 119 Å². The molecule has 1 aliphatic heterocycles. The van der Waals surface area contributed by atoms with E-state index in [0.717, 1.165) is 45.4 Å². The van der Waals surface area contributed by atoms with Crippen LogP contribution in [0.3, 0.4) is 0 Å². The van der Waals surface area contributed by atoms with Crippen molar-refractivity contribution in [2.75, 3.05) is 26.2 Å². The van der Waals surface area contributed by atoms with Crippen molar-refractivity contribution < 1.29 is 9.21 Å². The molecule has 106 valence electrons. The Bertz CT molecular complexity index is 413. The van der Waals surface area contributed by atoms with Crippen LogP contribution >= 0.6 is 11.6 Å². The summed E-state index contributed by atoms with van der Waals surface area (Å²) in [6, 6.07) is 3.26. The van der Waals surface area contributed by atoms with Gasteiger partial charge in [-0.05, 0) is 62.0 Å². The number of furan rings is 1. The fourth-order valence-electron chi connectivity index (χ4n) is 2.51. The number of carbonyl (C=O) groups is 1. The van der Waals surface area contributed by atoms with E-state index in [2.05, 4.69) is 12.2 Å². The molecule has 1 N–H and O–H groups in total. The molecule has 1 aliphatic rings. The highest BCUT2D eigenvalue weighted by Gasteiger charge is 2.23. The lowest BCUT2D eigenvalue weighted by Gasteiger charge is -2.29. The van der Waals surface area contributed by atoms with Gasteiger partial charge >= 0.3 is 0 Å². The summed E-state index contributed by atoms with van der Waals surface area (Å²) < 4.78 is 5.22. The van der Waals surface area contributed by atoms with Crippen molar-refractivity contribution in [3.8, 4) is 0 Å². The van der Waals surface area contributed by atoms with E-state index in [0.29, 0.717) is 11.7 Å². The molecule has 1 saturated heterocycles. The van der Waals surface area contributed by atoms with Crippen LogP contribution in [0.15, 0.2) is 16.5 Å². The van der Waals surface area contributed by atoms with Crippen LogP contribution < -0.4 is 5.32 Å². The van der Waals surface area contributed by atoms with E-state index in [1.807, 2.05) is 4.90 Å². The highest BCUT2D eigenvalue weighted by Crippen LogP contribution is 2.18. The Morgan fingerprint density at radius 2 is 2.21 bits per heavy atom. The van der Waals surface area contributed by atoms with Gasteiger partial charge in [-0.3, -0.25) is 4.79 Å². The molecule has 1 aromatic rings. The largest absolute Gasteiger partial charge is 0.440 e. The fourth-order valence-corrected chi connectivity index (χ4v) is 2.65. The number of piperidine rings is 1. The predicted octanol–water partition coefficient (Wildman–Crippen LogP) is 2.78. The zero-order valence-corrected chi connectivity index (χ0v) is 12.1. The van der Waals surface area contributed by atoms with Gasteiger partial charge in [0.25, 0.3) is 5.91 Å². The van der Waals surface area contributed by atoms with Gasteiger partial charge in [-0.1, -0.05) is 6.92 Å². The molecular formula is C14H21ClN2O2. The van der Waals surface area contributed by atoms with E-state index in [1.54, 1.807) is 12.1 Å². The Kier molecular flexibility index (Phi) is 5.28. The first kappa shape index (κ1) is 14.4. The van der Waals surface area contributed by atoms with Gasteiger partial charge in [-0.2, -0.15) is 0 Å². The first-order chi connectivity index (χ1) is 9.20. The maximum Gasteiger partial charge on any atom is 0.289 e. The second-order valence-electron chi connectivity index (χ2n) is 5.05. The van der Waals surface area contributed by atoms with Crippen LogP contribution in [0, 0.1) is 5.92 Å². The molecule has 0 radical (unpaired) electrons. The molecule has 5 heteroatoms. The summed E-state index contributed by atoms with van der Waals surface area (Å²) in [7, 11) is 0. The van der Waals surface area contributed by atoms with E-state index >= 15 is 0 Å². The van der Waals surface area contributed by atoms with Gasteiger partial charge in [-0.15, -0.1) is 0 Å². The second kappa shape index (κ2) is 6.96. The SMILES string of the molecule is CCCN(CC1CCNCC1)C(=O)c1ccc(Cl)o1. The minimum absolute atomic E-state index is 0.0488. The quantitative estimate of drug-likeness (QED) is 0.904. The molecule has 2 heterocycles. The van der Waals surface area contributed by atoms with E-state index in [4.69, 9.17) is 16.0 Å². The Morgan fingerprint density at radius 1 is 1.47 bits per heavy atom. The van der Waals surface area contributed by atoms with Gasteiger partial charge in [-0.25, -0.2) is 0 Å². The number of hydrogen-bond donors (Lipinski definition) is 1. The van der Waals surface area contributed by atoms with Crippen LogP contribution in [0.5, 0.6) is 0 Å². The van der Waals surface area contributed by atoms with Crippen molar-refractivity contribution in [2.24, 2.45) is 5.92 Å². The molecular weight excluding hydrogens is 264 g/mol. The Balaban J connectivity index is 1.99. The summed E-state index contributed by atoms with van der Waals surface area (Å²) in [6.45, 7) is 5.75. The van der Waals surface area contributed by atoms with Gasteiger partial charge in [0.2, 0.25) is 0 Å². The smallest absolute Gasteiger partial charge is 0.289 e. The van der Waals surface area contributed by atoms with Gasteiger partial charge in [0.1, 0.15) is 0 Å². The highest BCUT2D eigenvalue weighted by molar-refractivity contribution is 6.29. The standard InChI is InChI=1S/C14H21ClN2O2/c1-2-9-17(10-11-5-7-16-8-6-11)14(18)12-3-4-13(15)19-12/h3-4,11,16H,2,5-10H2,1H3. The first-order valence-electron chi connectivity index (χ1n) is 6.96. The maximum atomic E-state index is 12.4. The van der Waals surface area contributed by atoms with E-state index in [-0.39, 0.29) is 11.1 Å². The third-order valence-corrected chi connectivity index (χ3v) is 3.71. The van der Waals surface area contributed by atoms with Crippen LogP contribution in [-0.4, -0.2) is 37.0 Å². The van der Waals surface area contributed by atoms with E-state index < -0.39 is 0 Å². The molecule has 1 aromatic heterocycles. The fraction of sp³-hybridized carbons (Fsp3) is 0.643. The number of nitrogens with zero attached hydrogens (tertiary/aromatic N) is 1. The summed E-state index contributed by atoms with van der Waals surface area (Å²) in [4.78, 5) is 14.3. The second-order valence-corrected chi connectivity index (χ2v) is 5.42. The van der Waals surface area contributed by atoms with Crippen LogP contribution in [0.2, 0.25) is 5.22 Å². The highest BCUT2D eigenvalue weighted by atomic mass is 35.5. The lowest BCUT2D eigenvalue weighted by Crippen LogP contribution is -2.39. The van der Waals surface area contributed by atoms with Crippen molar-refractivity contribution in [1.82, 2.24) is 10.2 Å². The van der Waals surface area contributed by atoms with Gasteiger partial charge in [0.05, 0.1) is 0 Å². The number of rotatable bonds is 5. The average molecular weight is 285 g/mol. The number of nitrogens with one attached hydrogen (secondary N) is 1. The first-order valence-corrected chi connectivity index (χ1v) is 7.34. The normalized spacial score (nSPS) is 16.5. The molecule has 0 saturated carbocycles. The molecule has 1 fully saturated rings. The van der Waals surface area contributed by atoms with E-state index in [9.17, 15) is 4.79 Å².